The zero-order chi connectivity index (χ0) is 18.3. The summed E-state index contributed by atoms with van der Waals surface area (Å²) in [7, 11) is 0. The number of nitrogens with one attached hydrogen (secondary N) is 1. The molecule has 2 aliphatic heterocycles. The van der Waals surface area contributed by atoms with Crippen molar-refractivity contribution in [2.75, 3.05) is 18.4 Å². The Bertz CT molecular complexity index is 892. The summed E-state index contributed by atoms with van der Waals surface area (Å²) >= 11 is 0. The second kappa shape index (κ2) is 6.27. The lowest BCUT2D eigenvalue weighted by molar-refractivity contribution is 0.186. The van der Waals surface area contributed by atoms with Crippen LogP contribution in [-0.2, 0) is 5.41 Å². The fraction of sp³-hybridized carbons (Fsp3) is 0.364. The molecule has 4 nitrogen and oxygen atoms in total. The number of carbonyl (C=O) groups excluding carboxylic acids is 1. The lowest BCUT2D eigenvalue weighted by Crippen LogP contribution is -2.48. The molecule has 1 saturated heterocycles. The fourth-order valence-corrected chi connectivity index (χ4v) is 4.26. The van der Waals surface area contributed by atoms with Crippen molar-refractivity contribution in [2.45, 2.75) is 39.0 Å². The molecule has 0 atom stereocenters. The molecule has 2 heterocycles. The Morgan fingerprint density at radius 3 is 2.54 bits per heavy atom. The monoisotopic (exact) mass is 347 g/mol. The predicted octanol–water partition coefficient (Wildman–Crippen LogP) is 4.98. The van der Waals surface area contributed by atoms with E-state index in [0.717, 1.165) is 42.9 Å². The molecule has 2 aromatic rings. The Hall–Kier alpha value is -2.62. The van der Waals surface area contributed by atoms with Gasteiger partial charge in [0.1, 0.15) is 0 Å². The Morgan fingerprint density at radius 1 is 1.04 bits per heavy atom. The molecule has 0 aliphatic carbocycles. The number of para-hydroxylation sites is 1. The van der Waals surface area contributed by atoms with Crippen molar-refractivity contribution in [3.05, 3.63) is 59.2 Å². The molecule has 4 heteroatoms. The maximum absolute atomic E-state index is 12.7. The zero-order valence-corrected chi connectivity index (χ0v) is 15.7. The Labute approximate surface area is 154 Å². The molecule has 0 saturated carbocycles. The van der Waals surface area contributed by atoms with Crippen LogP contribution in [-0.4, -0.2) is 29.7 Å². The third-order valence-corrected chi connectivity index (χ3v) is 6.15. The first-order valence-electron chi connectivity index (χ1n) is 9.29. The van der Waals surface area contributed by atoms with E-state index in [0.29, 0.717) is 0 Å². The highest BCUT2D eigenvalue weighted by Gasteiger charge is 2.44. The number of fused-ring (bicyclic) bond motifs is 2. The van der Waals surface area contributed by atoms with Crippen LogP contribution in [0.4, 0.5) is 16.2 Å². The molecule has 0 radical (unpaired) electrons. The standard InChI is InChI=1S/C22H25N3O/c1-15-7-6-10-19(16(15)2)24-21(26)25-13-11-22(12-14-25)17(3)23-20-9-5-4-8-18(20)22/h4-10H,11-14H2,1-3H3,(H,24,26). The Kier molecular flexibility index (Phi) is 4.06. The highest BCUT2D eigenvalue weighted by molar-refractivity contribution is 6.00. The van der Waals surface area contributed by atoms with Crippen LogP contribution in [0, 0.1) is 13.8 Å². The number of benzene rings is 2. The van der Waals surface area contributed by atoms with E-state index in [4.69, 9.17) is 4.99 Å². The molecule has 1 spiro atoms. The van der Waals surface area contributed by atoms with Gasteiger partial charge in [-0.1, -0.05) is 30.3 Å². The van der Waals surface area contributed by atoms with Gasteiger partial charge in [0, 0.05) is 29.9 Å². The van der Waals surface area contributed by atoms with E-state index < -0.39 is 0 Å². The van der Waals surface area contributed by atoms with Gasteiger partial charge >= 0.3 is 6.03 Å². The number of anilines is 1. The smallest absolute Gasteiger partial charge is 0.321 e. The van der Waals surface area contributed by atoms with Gasteiger partial charge in [-0.2, -0.15) is 0 Å². The van der Waals surface area contributed by atoms with Crippen molar-refractivity contribution in [3.63, 3.8) is 0 Å². The highest BCUT2D eigenvalue weighted by atomic mass is 16.2. The maximum Gasteiger partial charge on any atom is 0.321 e. The third-order valence-electron chi connectivity index (χ3n) is 6.15. The molecule has 1 N–H and O–H groups in total. The molecular weight excluding hydrogens is 322 g/mol. The molecule has 4 rings (SSSR count). The van der Waals surface area contributed by atoms with Gasteiger partial charge in [0.15, 0.2) is 0 Å². The van der Waals surface area contributed by atoms with Gasteiger partial charge in [-0.25, -0.2) is 4.79 Å². The number of rotatable bonds is 1. The van der Waals surface area contributed by atoms with Crippen molar-refractivity contribution >= 4 is 23.1 Å². The van der Waals surface area contributed by atoms with Gasteiger partial charge in [0.25, 0.3) is 0 Å². The Morgan fingerprint density at radius 2 is 1.77 bits per heavy atom. The van der Waals surface area contributed by atoms with Gasteiger partial charge in [-0.3, -0.25) is 4.99 Å². The lowest BCUT2D eigenvalue weighted by Gasteiger charge is -2.40. The molecule has 2 aliphatic rings. The second-order valence-corrected chi connectivity index (χ2v) is 7.46. The van der Waals surface area contributed by atoms with Crippen molar-refractivity contribution in [1.82, 2.24) is 4.90 Å². The largest absolute Gasteiger partial charge is 0.324 e. The molecular formula is C22H25N3O. The molecule has 26 heavy (non-hydrogen) atoms. The molecule has 0 bridgehead atoms. The van der Waals surface area contributed by atoms with Gasteiger partial charge < -0.3 is 10.2 Å². The first-order valence-corrected chi connectivity index (χ1v) is 9.29. The zero-order valence-electron chi connectivity index (χ0n) is 15.7. The summed E-state index contributed by atoms with van der Waals surface area (Å²) in [6, 6.07) is 14.4. The second-order valence-electron chi connectivity index (χ2n) is 7.46. The van der Waals surface area contributed by atoms with E-state index in [2.05, 4.69) is 43.4 Å². The summed E-state index contributed by atoms with van der Waals surface area (Å²) in [5, 5.41) is 3.09. The Balaban J connectivity index is 1.48. The van der Waals surface area contributed by atoms with E-state index in [1.807, 2.05) is 30.0 Å². The minimum absolute atomic E-state index is 0.00516. The topological polar surface area (TPSA) is 44.7 Å². The SMILES string of the molecule is CC1=Nc2ccccc2C12CCN(C(=O)Nc1cccc(C)c1C)CC2. The summed E-state index contributed by atoms with van der Waals surface area (Å²) in [5.74, 6) is 0. The van der Waals surface area contributed by atoms with Gasteiger partial charge in [0.05, 0.1) is 5.69 Å². The highest BCUT2D eigenvalue weighted by Crippen LogP contribution is 2.46. The first-order chi connectivity index (χ1) is 12.5. The van der Waals surface area contributed by atoms with Crippen LogP contribution in [0.1, 0.15) is 36.5 Å². The average molecular weight is 347 g/mol. The van der Waals surface area contributed by atoms with E-state index in [1.54, 1.807) is 0 Å². The number of nitrogens with zero attached hydrogens (tertiary/aromatic N) is 2. The number of carbonyl (C=O) groups is 1. The maximum atomic E-state index is 12.7. The lowest BCUT2D eigenvalue weighted by atomic mass is 9.71. The predicted molar refractivity (Wildman–Crippen MR) is 107 cm³/mol. The number of aryl methyl sites for hydroxylation is 1. The summed E-state index contributed by atoms with van der Waals surface area (Å²) < 4.78 is 0. The quantitative estimate of drug-likeness (QED) is 0.777. The molecule has 1 fully saturated rings. The number of hydrogen-bond donors (Lipinski definition) is 1. The third kappa shape index (κ3) is 2.61. The van der Waals surface area contributed by atoms with Crippen LogP contribution < -0.4 is 5.32 Å². The van der Waals surface area contributed by atoms with Crippen LogP contribution in [0.15, 0.2) is 47.5 Å². The number of likely N-dealkylation sites (tertiary alicyclic amines) is 1. The van der Waals surface area contributed by atoms with Gasteiger partial charge in [-0.15, -0.1) is 0 Å². The van der Waals surface area contributed by atoms with Crippen LogP contribution >= 0.6 is 0 Å². The van der Waals surface area contributed by atoms with Crippen LogP contribution in [0.2, 0.25) is 0 Å². The van der Waals surface area contributed by atoms with Crippen LogP contribution in [0.25, 0.3) is 0 Å². The number of aliphatic imine (C=N–C) groups is 1. The van der Waals surface area contributed by atoms with E-state index >= 15 is 0 Å². The van der Waals surface area contributed by atoms with Crippen molar-refractivity contribution in [1.29, 1.82) is 0 Å². The first kappa shape index (κ1) is 16.8. The van der Waals surface area contributed by atoms with Crippen molar-refractivity contribution in [3.8, 4) is 0 Å². The number of piperidine rings is 1. The van der Waals surface area contributed by atoms with E-state index in [-0.39, 0.29) is 11.4 Å². The van der Waals surface area contributed by atoms with Gasteiger partial charge in [-0.05, 0) is 62.4 Å². The number of amides is 2. The summed E-state index contributed by atoms with van der Waals surface area (Å²) in [6.45, 7) is 7.74. The minimum atomic E-state index is -0.00516. The van der Waals surface area contributed by atoms with Gasteiger partial charge in [0.2, 0.25) is 0 Å². The molecule has 2 amide bonds. The van der Waals surface area contributed by atoms with Crippen molar-refractivity contribution < 1.29 is 4.79 Å². The molecule has 2 aromatic carbocycles. The van der Waals surface area contributed by atoms with Crippen LogP contribution in [0.3, 0.4) is 0 Å². The van der Waals surface area contributed by atoms with Crippen LogP contribution in [0.5, 0.6) is 0 Å². The average Bonchev–Trinajstić information content (AvgIpc) is 2.91. The summed E-state index contributed by atoms with van der Waals surface area (Å²) in [6.07, 6.45) is 1.86. The number of urea groups is 1. The van der Waals surface area contributed by atoms with E-state index in [9.17, 15) is 4.79 Å². The minimum Gasteiger partial charge on any atom is -0.324 e. The molecule has 0 aromatic heterocycles. The molecule has 134 valence electrons. The van der Waals surface area contributed by atoms with Crippen molar-refractivity contribution in [2.24, 2.45) is 4.99 Å². The normalized spacial score (nSPS) is 17.8. The molecule has 0 unspecified atom stereocenters. The fourth-order valence-electron chi connectivity index (χ4n) is 4.26. The van der Waals surface area contributed by atoms with E-state index in [1.165, 1.54) is 16.8 Å². The summed E-state index contributed by atoms with van der Waals surface area (Å²) in [5.41, 5.74) is 6.84. The summed E-state index contributed by atoms with van der Waals surface area (Å²) in [4.78, 5) is 19.5. The number of hydrogen-bond acceptors (Lipinski definition) is 2.